The van der Waals surface area contributed by atoms with E-state index in [2.05, 4.69) is 38.6 Å². The number of ether oxygens (including phenoxy) is 1. The van der Waals surface area contributed by atoms with Crippen LogP contribution < -0.4 is 5.73 Å². The predicted molar refractivity (Wildman–Crippen MR) is 67.7 cm³/mol. The molecule has 0 aliphatic carbocycles. The maximum atomic E-state index is 11.3. The number of rotatable bonds is 4. The van der Waals surface area contributed by atoms with E-state index in [1.54, 1.807) is 0 Å². The monoisotopic (exact) mass is 247 g/mol. The Kier molecular flexibility index (Phi) is 5.16. The topological polar surface area (TPSA) is 61.5 Å². The molecule has 0 fully saturated rings. The van der Waals surface area contributed by atoms with Gasteiger partial charge in [0.05, 0.1) is 13.2 Å². The van der Waals surface area contributed by atoms with Crippen molar-refractivity contribution in [2.24, 2.45) is 5.73 Å². The first kappa shape index (κ1) is 15.6. The average molecular weight is 247 g/mol. The Labute approximate surface area is 99.6 Å². The van der Waals surface area contributed by atoms with Crippen molar-refractivity contribution in [1.82, 2.24) is 0 Å². The van der Waals surface area contributed by atoms with Gasteiger partial charge < -0.3 is 14.9 Å². The number of hydrogen-bond donors (Lipinski definition) is 1. The molecule has 0 aromatic rings. The molecule has 1 unspecified atom stereocenters. The van der Waals surface area contributed by atoms with Crippen LogP contribution in [-0.2, 0) is 14.0 Å². The summed E-state index contributed by atoms with van der Waals surface area (Å²) in [6.07, 6.45) is -0.312. The zero-order valence-corrected chi connectivity index (χ0v) is 12.5. The van der Waals surface area contributed by atoms with E-state index in [1.807, 2.05) is 6.92 Å². The Balaban J connectivity index is 4.56. The molecule has 0 aromatic heterocycles. The Bertz CT molecular complexity index is 248. The Morgan fingerprint density at radius 3 is 2.06 bits per heavy atom. The molecule has 0 amide bonds. The van der Waals surface area contributed by atoms with E-state index in [-0.39, 0.29) is 11.1 Å². The molecule has 5 heteroatoms. The molecule has 0 aliphatic rings. The third kappa shape index (κ3) is 3.88. The van der Waals surface area contributed by atoms with E-state index in [9.17, 15) is 4.79 Å². The Morgan fingerprint density at radius 2 is 1.75 bits per heavy atom. The van der Waals surface area contributed by atoms with Gasteiger partial charge >= 0.3 is 5.97 Å². The molecule has 2 atom stereocenters. The van der Waals surface area contributed by atoms with Crippen molar-refractivity contribution in [1.29, 1.82) is 0 Å². The fourth-order valence-corrected chi connectivity index (χ4v) is 2.47. The number of carbonyl (C=O) groups is 1. The lowest BCUT2D eigenvalue weighted by molar-refractivity contribution is -0.144. The number of nitrogens with two attached hydrogens (primary N) is 1. The van der Waals surface area contributed by atoms with Crippen molar-refractivity contribution in [3.8, 4) is 0 Å². The second-order valence-corrected chi connectivity index (χ2v) is 10.4. The largest absolute Gasteiger partial charge is 0.468 e. The first-order valence-electron chi connectivity index (χ1n) is 5.54. The summed E-state index contributed by atoms with van der Waals surface area (Å²) >= 11 is 0. The normalized spacial score (nSPS) is 16.8. The summed E-state index contributed by atoms with van der Waals surface area (Å²) in [5.41, 5.74) is 5.74. The van der Waals surface area contributed by atoms with Crippen molar-refractivity contribution >= 4 is 14.3 Å². The lowest BCUT2D eigenvalue weighted by Crippen LogP contribution is -2.50. The third-order valence-corrected chi connectivity index (χ3v) is 7.84. The molecular weight excluding hydrogens is 222 g/mol. The first-order valence-corrected chi connectivity index (χ1v) is 8.45. The highest BCUT2D eigenvalue weighted by atomic mass is 28.4. The van der Waals surface area contributed by atoms with E-state index in [0.29, 0.717) is 0 Å². The van der Waals surface area contributed by atoms with Crippen molar-refractivity contribution in [3.05, 3.63) is 0 Å². The number of methoxy groups -OCH3 is 1. The Hall–Kier alpha value is -0.393. The van der Waals surface area contributed by atoms with Gasteiger partial charge in [0.2, 0.25) is 0 Å². The fourth-order valence-electron chi connectivity index (χ4n) is 1.04. The molecule has 0 spiro atoms. The maximum absolute atomic E-state index is 11.3. The molecule has 0 radical (unpaired) electrons. The minimum Gasteiger partial charge on any atom is -0.468 e. The fraction of sp³-hybridized carbons (Fsp3) is 0.909. The van der Waals surface area contributed by atoms with Gasteiger partial charge in [0, 0.05) is 0 Å². The van der Waals surface area contributed by atoms with Gasteiger partial charge in [-0.3, -0.25) is 4.79 Å². The van der Waals surface area contributed by atoms with Crippen LogP contribution in [-0.4, -0.2) is 33.5 Å². The highest BCUT2D eigenvalue weighted by Crippen LogP contribution is 2.37. The first-order chi connectivity index (χ1) is 7.03. The van der Waals surface area contributed by atoms with Crippen LogP contribution in [0.4, 0.5) is 0 Å². The van der Waals surface area contributed by atoms with Crippen LogP contribution >= 0.6 is 0 Å². The highest BCUT2D eigenvalue weighted by molar-refractivity contribution is 6.74. The van der Waals surface area contributed by atoms with E-state index >= 15 is 0 Å². The van der Waals surface area contributed by atoms with Gasteiger partial charge in [0.1, 0.15) is 6.04 Å². The standard InChI is InChI=1S/C11H25NO3Si/c1-8(9(12)10(13)14-5)15-16(6,7)11(2,3)4/h8-9H,12H2,1-7H3/t8?,9-/m0/s1. The lowest BCUT2D eigenvalue weighted by atomic mass is 10.2. The van der Waals surface area contributed by atoms with E-state index in [1.165, 1.54) is 7.11 Å². The zero-order chi connectivity index (χ0) is 13.1. The van der Waals surface area contributed by atoms with Crippen molar-refractivity contribution in [3.63, 3.8) is 0 Å². The molecule has 0 bridgehead atoms. The van der Waals surface area contributed by atoms with Crippen LogP contribution in [0.25, 0.3) is 0 Å². The van der Waals surface area contributed by atoms with Crippen molar-refractivity contribution in [2.75, 3.05) is 7.11 Å². The number of carbonyl (C=O) groups excluding carboxylic acids is 1. The molecule has 0 saturated heterocycles. The van der Waals surface area contributed by atoms with Crippen LogP contribution in [0.3, 0.4) is 0 Å². The Morgan fingerprint density at radius 1 is 1.31 bits per heavy atom. The summed E-state index contributed by atoms with van der Waals surface area (Å²) in [5, 5.41) is 0.108. The average Bonchev–Trinajstić information content (AvgIpc) is 2.12. The smallest absolute Gasteiger partial charge is 0.325 e. The van der Waals surface area contributed by atoms with Gasteiger partial charge in [-0.05, 0) is 25.1 Å². The molecule has 0 rings (SSSR count). The van der Waals surface area contributed by atoms with Gasteiger partial charge in [-0.15, -0.1) is 0 Å². The maximum Gasteiger partial charge on any atom is 0.325 e. The number of hydrogen-bond acceptors (Lipinski definition) is 4. The summed E-state index contributed by atoms with van der Waals surface area (Å²) in [6.45, 7) is 12.5. The van der Waals surface area contributed by atoms with Crippen LogP contribution in [0, 0.1) is 0 Å². The van der Waals surface area contributed by atoms with Crippen molar-refractivity contribution < 1.29 is 14.0 Å². The molecule has 4 nitrogen and oxygen atoms in total. The van der Waals surface area contributed by atoms with E-state index in [0.717, 1.165) is 0 Å². The minimum atomic E-state index is -1.88. The second kappa shape index (κ2) is 5.29. The van der Waals surface area contributed by atoms with Gasteiger partial charge in [0.15, 0.2) is 8.32 Å². The van der Waals surface area contributed by atoms with Crippen molar-refractivity contribution in [2.45, 2.75) is 58.0 Å². The number of esters is 1. The summed E-state index contributed by atoms with van der Waals surface area (Å²) < 4.78 is 10.6. The van der Waals surface area contributed by atoms with Crippen LogP contribution in [0.2, 0.25) is 18.1 Å². The molecule has 0 heterocycles. The second-order valence-electron chi connectivity index (χ2n) is 5.63. The van der Waals surface area contributed by atoms with E-state index in [4.69, 9.17) is 10.2 Å². The predicted octanol–water partition coefficient (Wildman–Crippen LogP) is 1.90. The summed E-state index contributed by atoms with van der Waals surface area (Å²) in [6, 6.07) is -0.709. The molecule has 0 aromatic carbocycles. The molecule has 16 heavy (non-hydrogen) atoms. The molecular formula is C11H25NO3Si. The SMILES string of the molecule is COC(=O)[C@@H](N)C(C)O[Si](C)(C)C(C)(C)C. The third-order valence-electron chi connectivity index (χ3n) is 3.27. The van der Waals surface area contributed by atoms with Gasteiger partial charge in [-0.25, -0.2) is 0 Å². The summed E-state index contributed by atoms with van der Waals surface area (Å²) in [7, 11) is -0.543. The van der Waals surface area contributed by atoms with Gasteiger partial charge in [0.25, 0.3) is 0 Å². The van der Waals surface area contributed by atoms with Gasteiger partial charge in [-0.2, -0.15) is 0 Å². The zero-order valence-electron chi connectivity index (χ0n) is 11.5. The summed E-state index contributed by atoms with van der Waals surface area (Å²) in [4.78, 5) is 11.3. The van der Waals surface area contributed by atoms with Gasteiger partial charge in [-0.1, -0.05) is 20.8 Å². The molecule has 0 saturated carbocycles. The van der Waals surface area contributed by atoms with Crippen LogP contribution in [0.15, 0.2) is 0 Å². The molecule has 2 N–H and O–H groups in total. The lowest BCUT2D eigenvalue weighted by Gasteiger charge is -2.39. The van der Waals surface area contributed by atoms with E-state index < -0.39 is 20.3 Å². The summed E-state index contributed by atoms with van der Waals surface area (Å²) in [5.74, 6) is -0.425. The highest BCUT2D eigenvalue weighted by Gasteiger charge is 2.40. The van der Waals surface area contributed by atoms with Crippen LogP contribution in [0.5, 0.6) is 0 Å². The minimum absolute atomic E-state index is 0.108. The van der Waals surface area contributed by atoms with Crippen LogP contribution in [0.1, 0.15) is 27.7 Å². The molecule has 0 aliphatic heterocycles. The quantitative estimate of drug-likeness (QED) is 0.609. The molecule has 96 valence electrons.